The lowest BCUT2D eigenvalue weighted by Gasteiger charge is -2.34. The first kappa shape index (κ1) is 14.1. The highest BCUT2D eigenvalue weighted by Crippen LogP contribution is 2.38. The molecule has 0 aliphatic heterocycles. The highest BCUT2D eigenvalue weighted by molar-refractivity contribution is 5.32. The van der Waals surface area contributed by atoms with Crippen molar-refractivity contribution in [2.45, 2.75) is 70.3 Å². The molecule has 2 aliphatic rings. The summed E-state index contributed by atoms with van der Waals surface area (Å²) in [6, 6.07) is 9.46. The molecule has 0 radical (unpaired) electrons. The van der Waals surface area contributed by atoms with Crippen molar-refractivity contribution in [3.8, 4) is 0 Å². The molecule has 2 atom stereocenters. The first-order valence-corrected chi connectivity index (χ1v) is 8.57. The van der Waals surface area contributed by atoms with Crippen LogP contribution in [0, 0.1) is 11.8 Å². The summed E-state index contributed by atoms with van der Waals surface area (Å²) >= 11 is 0. The predicted molar refractivity (Wildman–Crippen MR) is 85.8 cm³/mol. The molecular weight excluding hydrogens is 242 g/mol. The Bertz CT molecular complexity index is 431. The highest BCUT2D eigenvalue weighted by atomic mass is 14.7. The minimum absolute atomic E-state index is 0.415. The number of hydrogen-bond acceptors (Lipinski definition) is 1. The summed E-state index contributed by atoms with van der Waals surface area (Å²) in [6.45, 7) is 2.39. The van der Waals surface area contributed by atoms with Crippen LogP contribution >= 0.6 is 0 Å². The molecule has 2 unspecified atom stereocenters. The van der Waals surface area contributed by atoms with Gasteiger partial charge in [-0.15, -0.1) is 0 Å². The molecule has 2 N–H and O–H groups in total. The van der Waals surface area contributed by atoms with Gasteiger partial charge in [0, 0.05) is 6.04 Å². The van der Waals surface area contributed by atoms with Crippen molar-refractivity contribution in [2.24, 2.45) is 17.6 Å². The van der Waals surface area contributed by atoms with Crippen molar-refractivity contribution >= 4 is 0 Å². The molecule has 3 rings (SSSR count). The largest absolute Gasteiger partial charge is 0.327 e. The second-order valence-electron chi connectivity index (χ2n) is 7.21. The van der Waals surface area contributed by atoms with E-state index in [9.17, 15) is 0 Å². The Morgan fingerprint density at radius 1 is 1.10 bits per heavy atom. The maximum absolute atomic E-state index is 6.58. The van der Waals surface area contributed by atoms with E-state index in [0.717, 1.165) is 11.8 Å². The normalized spacial score (nSPS) is 31.6. The van der Waals surface area contributed by atoms with E-state index < -0.39 is 0 Å². The number of fused-ring (bicyclic) bond motifs is 1. The van der Waals surface area contributed by atoms with Gasteiger partial charge in [-0.05, 0) is 67.4 Å². The van der Waals surface area contributed by atoms with Gasteiger partial charge in [-0.3, -0.25) is 0 Å². The van der Waals surface area contributed by atoms with Crippen molar-refractivity contribution in [1.82, 2.24) is 0 Å². The summed E-state index contributed by atoms with van der Waals surface area (Å²) in [4.78, 5) is 0. The Morgan fingerprint density at radius 3 is 2.65 bits per heavy atom. The van der Waals surface area contributed by atoms with Gasteiger partial charge in [-0.2, -0.15) is 0 Å². The smallest absolute Gasteiger partial charge is 0.00729 e. The predicted octanol–water partition coefficient (Wildman–Crippen LogP) is 4.65. The molecular formula is C19H29N. The maximum Gasteiger partial charge on any atom is 0.00729 e. The van der Waals surface area contributed by atoms with Crippen LogP contribution < -0.4 is 5.73 Å². The summed E-state index contributed by atoms with van der Waals surface area (Å²) < 4.78 is 0. The van der Waals surface area contributed by atoms with Crippen molar-refractivity contribution < 1.29 is 0 Å². The zero-order valence-electron chi connectivity index (χ0n) is 12.9. The summed E-state index contributed by atoms with van der Waals surface area (Å²) in [6.07, 6.45) is 10.6. The Kier molecular flexibility index (Phi) is 4.45. The molecule has 0 heterocycles. The van der Waals surface area contributed by atoms with E-state index in [4.69, 9.17) is 5.73 Å². The van der Waals surface area contributed by atoms with Crippen molar-refractivity contribution in [3.05, 3.63) is 35.4 Å². The molecule has 1 saturated carbocycles. The van der Waals surface area contributed by atoms with Crippen LogP contribution in [0.25, 0.3) is 0 Å². The first-order valence-electron chi connectivity index (χ1n) is 8.57. The van der Waals surface area contributed by atoms with Gasteiger partial charge >= 0.3 is 0 Å². The van der Waals surface area contributed by atoms with Gasteiger partial charge in [0.25, 0.3) is 0 Å². The number of rotatable bonds is 3. The van der Waals surface area contributed by atoms with E-state index in [1.165, 1.54) is 51.4 Å². The number of hydrogen-bond donors (Lipinski definition) is 1. The van der Waals surface area contributed by atoms with Gasteiger partial charge in [0.2, 0.25) is 0 Å². The Morgan fingerprint density at radius 2 is 1.85 bits per heavy atom. The Balaban J connectivity index is 1.63. The van der Waals surface area contributed by atoms with Crippen LogP contribution in [0.3, 0.4) is 0 Å². The average molecular weight is 271 g/mol. The molecule has 1 fully saturated rings. The molecule has 2 aliphatic carbocycles. The lowest BCUT2D eigenvalue weighted by atomic mass is 9.74. The van der Waals surface area contributed by atoms with Crippen LogP contribution in [0.2, 0.25) is 0 Å². The fourth-order valence-corrected chi connectivity index (χ4v) is 4.33. The molecule has 0 saturated heterocycles. The Hall–Kier alpha value is -0.820. The summed E-state index contributed by atoms with van der Waals surface area (Å²) in [7, 11) is 0. The summed E-state index contributed by atoms with van der Waals surface area (Å²) in [5, 5.41) is 0. The quantitative estimate of drug-likeness (QED) is 0.851. The Labute approximate surface area is 124 Å². The van der Waals surface area contributed by atoms with Gasteiger partial charge in [0.15, 0.2) is 0 Å². The van der Waals surface area contributed by atoms with E-state index in [1.807, 2.05) is 0 Å². The van der Waals surface area contributed by atoms with E-state index in [0.29, 0.717) is 12.0 Å². The van der Waals surface area contributed by atoms with Crippen molar-refractivity contribution in [1.29, 1.82) is 0 Å². The molecule has 1 aromatic rings. The molecule has 110 valence electrons. The fraction of sp³-hybridized carbons (Fsp3) is 0.684. The molecule has 0 amide bonds. The molecule has 0 spiro atoms. The summed E-state index contributed by atoms with van der Waals surface area (Å²) in [5.41, 5.74) is 9.75. The van der Waals surface area contributed by atoms with Crippen molar-refractivity contribution in [3.63, 3.8) is 0 Å². The SMILES string of the molecule is CC1CCC(C(N)CC2CCCc3ccccc32)CC1. The van der Waals surface area contributed by atoms with E-state index in [-0.39, 0.29) is 0 Å². The summed E-state index contributed by atoms with van der Waals surface area (Å²) in [5.74, 6) is 2.42. The van der Waals surface area contributed by atoms with E-state index >= 15 is 0 Å². The van der Waals surface area contributed by atoms with Gasteiger partial charge in [-0.25, -0.2) is 0 Å². The third-order valence-electron chi connectivity index (χ3n) is 5.72. The fourth-order valence-electron chi connectivity index (χ4n) is 4.33. The van der Waals surface area contributed by atoms with Crippen LogP contribution in [0.1, 0.15) is 68.9 Å². The molecule has 1 nitrogen and oxygen atoms in total. The van der Waals surface area contributed by atoms with E-state index in [2.05, 4.69) is 31.2 Å². The molecule has 0 aromatic heterocycles. The minimum Gasteiger partial charge on any atom is -0.327 e. The minimum atomic E-state index is 0.415. The monoisotopic (exact) mass is 271 g/mol. The van der Waals surface area contributed by atoms with Gasteiger partial charge < -0.3 is 5.73 Å². The first-order chi connectivity index (χ1) is 9.74. The van der Waals surface area contributed by atoms with Crippen LogP contribution in [0.15, 0.2) is 24.3 Å². The number of aryl methyl sites for hydroxylation is 1. The zero-order valence-corrected chi connectivity index (χ0v) is 12.9. The molecule has 1 aromatic carbocycles. The van der Waals surface area contributed by atoms with Gasteiger partial charge in [0.05, 0.1) is 0 Å². The number of nitrogens with two attached hydrogens (primary N) is 1. The third kappa shape index (κ3) is 3.09. The average Bonchev–Trinajstić information content (AvgIpc) is 2.48. The van der Waals surface area contributed by atoms with E-state index in [1.54, 1.807) is 11.1 Å². The maximum atomic E-state index is 6.58. The third-order valence-corrected chi connectivity index (χ3v) is 5.72. The molecule has 1 heteroatoms. The second-order valence-corrected chi connectivity index (χ2v) is 7.21. The van der Waals surface area contributed by atoms with Crippen LogP contribution in [-0.4, -0.2) is 6.04 Å². The molecule has 0 bridgehead atoms. The lowest BCUT2D eigenvalue weighted by Crippen LogP contribution is -2.34. The molecule has 20 heavy (non-hydrogen) atoms. The second kappa shape index (κ2) is 6.30. The lowest BCUT2D eigenvalue weighted by molar-refractivity contribution is 0.239. The van der Waals surface area contributed by atoms with Gasteiger partial charge in [0.1, 0.15) is 0 Å². The van der Waals surface area contributed by atoms with Crippen LogP contribution in [0.4, 0.5) is 0 Å². The topological polar surface area (TPSA) is 26.0 Å². The zero-order chi connectivity index (χ0) is 13.9. The number of benzene rings is 1. The van der Waals surface area contributed by atoms with Crippen LogP contribution in [-0.2, 0) is 6.42 Å². The van der Waals surface area contributed by atoms with Crippen molar-refractivity contribution in [2.75, 3.05) is 0 Å². The van der Waals surface area contributed by atoms with Crippen LogP contribution in [0.5, 0.6) is 0 Å². The standard InChI is InChI=1S/C19H29N/c1-14-9-11-16(12-10-14)19(20)13-17-7-4-6-15-5-2-3-8-18(15)17/h2-3,5,8,14,16-17,19H,4,6-7,9-13,20H2,1H3. The van der Waals surface area contributed by atoms with Gasteiger partial charge in [-0.1, -0.05) is 44.0 Å². The highest BCUT2D eigenvalue weighted by Gasteiger charge is 2.28.